The molecule has 0 aromatic carbocycles. The summed E-state index contributed by atoms with van der Waals surface area (Å²) in [5.74, 6) is 0.215. The molecule has 2 N–H and O–H groups in total. The molecule has 0 bridgehead atoms. The third kappa shape index (κ3) is 3.22. The molecule has 2 rings (SSSR count). The van der Waals surface area contributed by atoms with Crippen molar-refractivity contribution in [3.8, 4) is 0 Å². The zero-order chi connectivity index (χ0) is 13.2. The molecule has 0 aromatic heterocycles. The lowest BCUT2D eigenvalue weighted by Gasteiger charge is -2.39. The van der Waals surface area contributed by atoms with E-state index >= 15 is 0 Å². The fraction of sp³-hybridized carbons (Fsp3) is 0.923. The Morgan fingerprint density at radius 1 is 1.22 bits per heavy atom. The van der Waals surface area contributed by atoms with Crippen molar-refractivity contribution < 1.29 is 9.90 Å². The van der Waals surface area contributed by atoms with E-state index in [1.54, 1.807) is 0 Å². The molecule has 0 aliphatic carbocycles. The summed E-state index contributed by atoms with van der Waals surface area (Å²) in [6, 6.07) is -0.0323. The van der Waals surface area contributed by atoms with Gasteiger partial charge in [-0.15, -0.1) is 0 Å². The molecule has 104 valence electrons. The van der Waals surface area contributed by atoms with Crippen molar-refractivity contribution in [2.75, 3.05) is 39.3 Å². The lowest BCUT2D eigenvalue weighted by molar-refractivity contribution is -0.140. The molecule has 18 heavy (non-hydrogen) atoms. The van der Waals surface area contributed by atoms with E-state index in [4.69, 9.17) is 0 Å². The number of nitrogens with one attached hydrogen (secondary N) is 1. The average molecular weight is 255 g/mol. The molecule has 2 saturated heterocycles. The van der Waals surface area contributed by atoms with Gasteiger partial charge in [-0.3, -0.25) is 9.69 Å². The summed E-state index contributed by atoms with van der Waals surface area (Å²) in [7, 11) is 0. The molecule has 1 amide bonds. The molecule has 5 heteroatoms. The highest BCUT2D eigenvalue weighted by Gasteiger charge is 2.33. The fourth-order valence-electron chi connectivity index (χ4n) is 2.70. The first-order valence-electron chi connectivity index (χ1n) is 6.95. The molecular formula is C13H25N3O2. The first kappa shape index (κ1) is 13.8. The van der Waals surface area contributed by atoms with Gasteiger partial charge in [-0.1, -0.05) is 0 Å². The van der Waals surface area contributed by atoms with Gasteiger partial charge >= 0.3 is 0 Å². The number of carbonyl (C=O) groups excluding carboxylic acids is 1. The largest absolute Gasteiger partial charge is 0.390 e. The van der Waals surface area contributed by atoms with Crippen LogP contribution >= 0.6 is 0 Å². The number of rotatable bonds is 2. The van der Waals surface area contributed by atoms with Crippen LogP contribution in [0.15, 0.2) is 0 Å². The first-order valence-corrected chi connectivity index (χ1v) is 6.95. The third-order valence-electron chi connectivity index (χ3n) is 4.21. The number of amides is 1. The van der Waals surface area contributed by atoms with Gasteiger partial charge in [0.15, 0.2) is 0 Å². The second-order valence-electron chi connectivity index (χ2n) is 5.78. The van der Waals surface area contributed by atoms with Gasteiger partial charge in [-0.25, -0.2) is 0 Å². The van der Waals surface area contributed by atoms with E-state index < -0.39 is 5.60 Å². The van der Waals surface area contributed by atoms with E-state index in [9.17, 15) is 9.90 Å². The van der Waals surface area contributed by atoms with Crippen LogP contribution in [0.1, 0.15) is 26.7 Å². The smallest absolute Gasteiger partial charge is 0.239 e. The number of hydrogen-bond acceptors (Lipinski definition) is 4. The van der Waals surface area contributed by atoms with Crippen LogP contribution in [-0.2, 0) is 4.79 Å². The Hall–Kier alpha value is -0.650. The highest BCUT2D eigenvalue weighted by molar-refractivity contribution is 5.81. The van der Waals surface area contributed by atoms with Crippen LogP contribution < -0.4 is 5.32 Å². The average Bonchev–Trinajstić information content (AvgIpc) is 2.38. The van der Waals surface area contributed by atoms with Gasteiger partial charge in [0.05, 0.1) is 11.6 Å². The second-order valence-corrected chi connectivity index (χ2v) is 5.78. The van der Waals surface area contributed by atoms with Gasteiger partial charge in [0, 0.05) is 39.3 Å². The normalized spacial score (nSPS) is 26.9. The summed E-state index contributed by atoms with van der Waals surface area (Å²) >= 11 is 0. The molecule has 5 nitrogen and oxygen atoms in total. The lowest BCUT2D eigenvalue weighted by Crippen LogP contribution is -2.55. The molecule has 1 unspecified atom stereocenters. The predicted octanol–water partition coefficient (Wildman–Crippen LogP) is -0.346. The van der Waals surface area contributed by atoms with Crippen molar-refractivity contribution in [1.82, 2.24) is 15.1 Å². The van der Waals surface area contributed by atoms with E-state index in [2.05, 4.69) is 10.2 Å². The minimum absolute atomic E-state index is 0.0323. The van der Waals surface area contributed by atoms with Crippen LogP contribution in [0, 0.1) is 0 Å². The number of hydrogen-bond donors (Lipinski definition) is 2. The molecule has 0 aromatic rings. The van der Waals surface area contributed by atoms with Gasteiger partial charge in [0.2, 0.25) is 5.91 Å². The Morgan fingerprint density at radius 3 is 2.33 bits per heavy atom. The minimum atomic E-state index is -0.588. The van der Waals surface area contributed by atoms with E-state index in [-0.39, 0.29) is 11.9 Å². The molecule has 0 saturated carbocycles. The van der Waals surface area contributed by atoms with Crippen molar-refractivity contribution in [2.45, 2.75) is 38.3 Å². The molecule has 0 radical (unpaired) electrons. The monoisotopic (exact) mass is 255 g/mol. The van der Waals surface area contributed by atoms with Crippen LogP contribution in [0.4, 0.5) is 0 Å². The predicted molar refractivity (Wildman–Crippen MR) is 70.3 cm³/mol. The number of piperidine rings is 1. The highest BCUT2D eigenvalue weighted by atomic mass is 16.3. The summed E-state index contributed by atoms with van der Waals surface area (Å²) in [6.45, 7) is 9.04. The van der Waals surface area contributed by atoms with Crippen LogP contribution in [0.2, 0.25) is 0 Å². The molecule has 2 fully saturated rings. The molecule has 0 spiro atoms. The molecule has 2 aliphatic heterocycles. The zero-order valence-corrected chi connectivity index (χ0v) is 11.5. The van der Waals surface area contributed by atoms with Crippen molar-refractivity contribution in [1.29, 1.82) is 0 Å². The molecule has 2 aliphatic rings. The second kappa shape index (κ2) is 5.55. The standard InChI is InChI=1S/C13H25N3O2/c1-11(15-9-5-14-6-10-15)12(17)16-7-3-13(2,18)4-8-16/h11,14,18H,3-10H2,1-2H3. The topological polar surface area (TPSA) is 55.8 Å². The number of likely N-dealkylation sites (tertiary alicyclic amines) is 1. The maximum atomic E-state index is 12.4. The van der Waals surface area contributed by atoms with Gasteiger partial charge in [0.25, 0.3) is 0 Å². The molecule has 2 heterocycles. The lowest BCUT2D eigenvalue weighted by atomic mass is 9.93. The van der Waals surface area contributed by atoms with Crippen LogP contribution in [0.3, 0.4) is 0 Å². The Morgan fingerprint density at radius 2 is 1.78 bits per heavy atom. The quantitative estimate of drug-likeness (QED) is 0.708. The summed E-state index contributed by atoms with van der Waals surface area (Å²) in [5, 5.41) is 13.2. The van der Waals surface area contributed by atoms with Gasteiger partial charge in [-0.05, 0) is 26.7 Å². The maximum Gasteiger partial charge on any atom is 0.239 e. The molecular weight excluding hydrogens is 230 g/mol. The zero-order valence-electron chi connectivity index (χ0n) is 11.5. The highest BCUT2D eigenvalue weighted by Crippen LogP contribution is 2.22. The fourth-order valence-corrected chi connectivity index (χ4v) is 2.70. The molecule has 1 atom stereocenters. The number of nitrogens with zero attached hydrogens (tertiary/aromatic N) is 2. The van der Waals surface area contributed by atoms with Gasteiger partial charge < -0.3 is 15.3 Å². The third-order valence-corrected chi connectivity index (χ3v) is 4.21. The minimum Gasteiger partial charge on any atom is -0.390 e. The Kier molecular flexibility index (Phi) is 4.25. The summed E-state index contributed by atoms with van der Waals surface area (Å²) in [6.07, 6.45) is 1.38. The number of aliphatic hydroxyl groups is 1. The van der Waals surface area contributed by atoms with Crippen LogP contribution in [-0.4, -0.2) is 71.7 Å². The van der Waals surface area contributed by atoms with E-state index in [0.29, 0.717) is 25.9 Å². The van der Waals surface area contributed by atoms with E-state index in [1.165, 1.54) is 0 Å². The summed E-state index contributed by atoms with van der Waals surface area (Å²) in [4.78, 5) is 16.5. The van der Waals surface area contributed by atoms with Crippen molar-refractivity contribution in [3.05, 3.63) is 0 Å². The Labute approximate surface area is 109 Å². The number of piperazine rings is 1. The first-order chi connectivity index (χ1) is 8.49. The SMILES string of the molecule is CC(C(=O)N1CCC(C)(O)CC1)N1CCNCC1. The summed E-state index contributed by atoms with van der Waals surface area (Å²) in [5.41, 5.74) is -0.588. The Bertz CT molecular complexity index is 291. The van der Waals surface area contributed by atoms with E-state index in [1.807, 2.05) is 18.7 Å². The van der Waals surface area contributed by atoms with Crippen LogP contribution in [0.25, 0.3) is 0 Å². The van der Waals surface area contributed by atoms with E-state index in [0.717, 1.165) is 26.2 Å². The van der Waals surface area contributed by atoms with Crippen LogP contribution in [0.5, 0.6) is 0 Å². The Balaban J connectivity index is 1.87. The summed E-state index contributed by atoms with van der Waals surface area (Å²) < 4.78 is 0. The maximum absolute atomic E-state index is 12.4. The van der Waals surface area contributed by atoms with Crippen molar-refractivity contribution in [3.63, 3.8) is 0 Å². The van der Waals surface area contributed by atoms with Gasteiger partial charge in [0.1, 0.15) is 0 Å². The van der Waals surface area contributed by atoms with Crippen molar-refractivity contribution in [2.24, 2.45) is 0 Å². The van der Waals surface area contributed by atoms with Gasteiger partial charge in [-0.2, -0.15) is 0 Å². The van der Waals surface area contributed by atoms with Crippen molar-refractivity contribution >= 4 is 5.91 Å². The number of carbonyl (C=O) groups is 1.